The van der Waals surface area contributed by atoms with E-state index in [-0.39, 0.29) is 18.5 Å². The molecule has 1 fully saturated rings. The molecule has 29 heavy (non-hydrogen) atoms. The Labute approximate surface area is 166 Å². The second-order valence-corrected chi connectivity index (χ2v) is 8.89. The quantitative estimate of drug-likeness (QED) is 0.510. The highest BCUT2D eigenvalue weighted by atomic mass is 32.2. The number of aliphatic hydroxyl groups is 2. The molecule has 2 aliphatic rings. The Balaban J connectivity index is 1.91. The van der Waals surface area contributed by atoms with Crippen molar-refractivity contribution in [1.29, 1.82) is 0 Å². The molecule has 11 heteroatoms. The molecule has 0 saturated carbocycles. The first-order valence-electron chi connectivity index (χ1n) is 8.92. The molecule has 3 rings (SSSR count). The van der Waals surface area contributed by atoms with Gasteiger partial charge in [-0.15, -0.1) is 0 Å². The third kappa shape index (κ3) is 4.28. The topological polar surface area (TPSA) is 142 Å². The highest BCUT2D eigenvalue weighted by Crippen LogP contribution is 2.41. The van der Waals surface area contributed by atoms with Crippen LogP contribution < -0.4 is 4.72 Å². The van der Waals surface area contributed by atoms with Gasteiger partial charge in [0, 0.05) is 6.42 Å². The second kappa shape index (κ2) is 8.00. The number of carboxylic acid groups (broad SMARTS) is 1. The van der Waals surface area contributed by atoms with E-state index in [2.05, 4.69) is 4.72 Å². The number of hydrogen-bond acceptors (Lipinski definition) is 7. The van der Waals surface area contributed by atoms with Gasteiger partial charge in [0.15, 0.2) is 5.79 Å². The number of hydrogen-bond donors (Lipinski definition) is 4. The Kier molecular flexibility index (Phi) is 5.97. The Morgan fingerprint density at radius 2 is 1.90 bits per heavy atom. The molecule has 0 bridgehead atoms. The summed E-state index contributed by atoms with van der Waals surface area (Å²) in [7, 11) is -4.18. The number of ether oxygens (including phenoxy) is 2. The van der Waals surface area contributed by atoms with Crippen LogP contribution in [0.5, 0.6) is 0 Å². The number of aliphatic carboxylic acids is 1. The van der Waals surface area contributed by atoms with E-state index in [9.17, 15) is 32.9 Å². The van der Waals surface area contributed by atoms with Crippen molar-refractivity contribution in [3.8, 4) is 0 Å². The van der Waals surface area contributed by atoms with Crippen molar-refractivity contribution in [1.82, 2.24) is 0 Å². The summed E-state index contributed by atoms with van der Waals surface area (Å²) >= 11 is 0. The monoisotopic (exact) mass is 431 g/mol. The number of anilines is 1. The van der Waals surface area contributed by atoms with Crippen molar-refractivity contribution in [2.24, 2.45) is 0 Å². The van der Waals surface area contributed by atoms with Crippen molar-refractivity contribution in [3.63, 3.8) is 0 Å². The van der Waals surface area contributed by atoms with Gasteiger partial charge in [0.25, 0.3) is 0 Å². The number of benzene rings is 1. The smallest absolute Gasteiger partial charge is 0.332 e. The number of carboxylic acids is 1. The number of sulfonamides is 1. The lowest BCUT2D eigenvalue weighted by atomic mass is 9.94. The summed E-state index contributed by atoms with van der Waals surface area (Å²) in [5.41, 5.74) is 0.0463. The van der Waals surface area contributed by atoms with Crippen molar-refractivity contribution in [3.05, 3.63) is 41.2 Å². The van der Waals surface area contributed by atoms with Crippen molar-refractivity contribution < 1.29 is 42.4 Å². The molecule has 0 radical (unpaired) electrons. The maximum absolute atomic E-state index is 13.3. The summed E-state index contributed by atoms with van der Waals surface area (Å²) in [4.78, 5) is 11.8. The van der Waals surface area contributed by atoms with Crippen LogP contribution in [-0.4, -0.2) is 66.2 Å². The van der Waals surface area contributed by atoms with Crippen LogP contribution in [0, 0.1) is 12.7 Å². The molecular formula is C18H22FNO8S. The molecule has 1 saturated heterocycles. The Morgan fingerprint density at radius 3 is 2.41 bits per heavy atom. The number of nitrogens with one attached hydrogen (secondary N) is 1. The molecule has 4 N–H and O–H groups in total. The number of rotatable bonds is 6. The Morgan fingerprint density at radius 1 is 1.28 bits per heavy atom. The minimum absolute atomic E-state index is 0.00472. The average Bonchev–Trinajstić information content (AvgIpc) is 3.01. The van der Waals surface area contributed by atoms with Crippen LogP contribution in [0.15, 0.2) is 29.8 Å². The van der Waals surface area contributed by atoms with Crippen molar-refractivity contribution in [2.75, 3.05) is 17.9 Å². The summed E-state index contributed by atoms with van der Waals surface area (Å²) in [5, 5.41) is 26.9. The van der Waals surface area contributed by atoms with Gasteiger partial charge in [0.2, 0.25) is 10.0 Å². The van der Waals surface area contributed by atoms with Crippen LogP contribution >= 0.6 is 0 Å². The van der Waals surface area contributed by atoms with E-state index >= 15 is 0 Å². The maximum atomic E-state index is 13.3. The van der Waals surface area contributed by atoms with Gasteiger partial charge >= 0.3 is 5.97 Å². The highest BCUT2D eigenvalue weighted by Gasteiger charge is 2.51. The molecule has 0 aromatic heterocycles. The summed E-state index contributed by atoms with van der Waals surface area (Å²) in [5.74, 6) is -3.52. The number of halogens is 1. The zero-order chi connectivity index (χ0) is 21.4. The van der Waals surface area contributed by atoms with E-state index in [0.29, 0.717) is 5.56 Å². The first kappa shape index (κ1) is 21.7. The fraction of sp³-hybridized carbons (Fsp3) is 0.500. The van der Waals surface area contributed by atoms with Crippen LogP contribution in [0.1, 0.15) is 18.4 Å². The van der Waals surface area contributed by atoms with Crippen LogP contribution in [-0.2, 0) is 24.3 Å². The standard InChI is InChI=1S/C18H22FNO8S/c1-10-6-11(19)2-3-13(10)20-29(25,26)16-4-5-18(7-12(16)17(23)24)27-14(8-21)15(9-22)28-18/h2-3,6-7,14-16,20-22H,4-5,8-9H2,1H3,(H,23,24)/t14-,15-,16?/m0/s1. The predicted octanol–water partition coefficient (Wildman–Crippen LogP) is 0.514. The zero-order valence-electron chi connectivity index (χ0n) is 15.5. The predicted molar refractivity (Wildman–Crippen MR) is 99.1 cm³/mol. The average molecular weight is 431 g/mol. The van der Waals surface area contributed by atoms with Gasteiger partial charge in [-0.3, -0.25) is 4.72 Å². The van der Waals surface area contributed by atoms with Gasteiger partial charge < -0.3 is 24.8 Å². The first-order chi connectivity index (χ1) is 13.6. The third-order valence-corrected chi connectivity index (χ3v) is 6.76. The van der Waals surface area contributed by atoms with E-state index in [4.69, 9.17) is 9.47 Å². The zero-order valence-corrected chi connectivity index (χ0v) is 16.4. The van der Waals surface area contributed by atoms with E-state index in [0.717, 1.165) is 18.2 Å². The number of aliphatic hydroxyl groups excluding tert-OH is 2. The molecule has 1 aromatic carbocycles. The van der Waals surface area contributed by atoms with Gasteiger partial charge in [0.05, 0.1) is 24.5 Å². The highest BCUT2D eigenvalue weighted by molar-refractivity contribution is 7.93. The molecule has 1 aliphatic carbocycles. The lowest BCUT2D eigenvalue weighted by molar-refractivity contribution is -0.153. The maximum Gasteiger partial charge on any atom is 0.332 e. The number of carbonyl (C=O) groups is 1. The summed E-state index contributed by atoms with van der Waals surface area (Å²) in [6.07, 6.45) is -0.772. The van der Waals surface area contributed by atoms with Crippen LogP contribution in [0.4, 0.5) is 10.1 Å². The van der Waals surface area contributed by atoms with Gasteiger partial charge in [-0.1, -0.05) is 0 Å². The molecule has 1 heterocycles. The Hall–Kier alpha value is -2.05. The molecule has 3 atom stereocenters. The minimum Gasteiger partial charge on any atom is -0.478 e. The van der Waals surface area contributed by atoms with Crippen LogP contribution in [0.2, 0.25) is 0 Å². The van der Waals surface area contributed by atoms with E-state index in [1.165, 1.54) is 13.0 Å². The van der Waals surface area contributed by atoms with Crippen molar-refractivity contribution >= 4 is 21.7 Å². The van der Waals surface area contributed by atoms with E-state index in [1.807, 2.05) is 0 Å². The normalized spacial score (nSPS) is 26.3. The van der Waals surface area contributed by atoms with Crippen LogP contribution in [0.25, 0.3) is 0 Å². The second-order valence-electron chi connectivity index (χ2n) is 7.03. The molecule has 1 aromatic rings. The van der Waals surface area contributed by atoms with Crippen molar-refractivity contribution in [2.45, 2.75) is 43.0 Å². The van der Waals surface area contributed by atoms with Gasteiger partial charge in [-0.2, -0.15) is 0 Å². The third-order valence-electron chi connectivity index (χ3n) is 5.02. The minimum atomic E-state index is -4.18. The summed E-state index contributed by atoms with van der Waals surface area (Å²) < 4.78 is 52.6. The van der Waals surface area contributed by atoms with E-state index in [1.54, 1.807) is 0 Å². The van der Waals surface area contributed by atoms with Crippen LogP contribution in [0.3, 0.4) is 0 Å². The first-order valence-corrected chi connectivity index (χ1v) is 10.5. The van der Waals surface area contributed by atoms with Gasteiger partial charge in [0.1, 0.15) is 23.3 Å². The van der Waals surface area contributed by atoms with Gasteiger partial charge in [-0.25, -0.2) is 17.6 Å². The summed E-state index contributed by atoms with van der Waals surface area (Å²) in [6, 6.07) is 3.52. The molecule has 1 aliphatic heterocycles. The fourth-order valence-electron chi connectivity index (χ4n) is 3.57. The lowest BCUT2D eigenvalue weighted by Crippen LogP contribution is -2.42. The summed E-state index contributed by atoms with van der Waals surface area (Å²) in [6.45, 7) is 0.627. The SMILES string of the molecule is Cc1cc(F)ccc1NS(=O)(=O)C1CCC2(C=C1C(=O)O)O[C@@H](CO)[C@H](CO)O2. The lowest BCUT2D eigenvalue weighted by Gasteiger charge is -2.33. The molecule has 160 valence electrons. The fourth-order valence-corrected chi connectivity index (χ4v) is 5.17. The molecule has 1 spiro atoms. The Bertz CT molecular complexity index is 920. The largest absolute Gasteiger partial charge is 0.478 e. The molecule has 0 amide bonds. The number of aryl methyl sites for hydroxylation is 1. The molecule has 1 unspecified atom stereocenters. The van der Waals surface area contributed by atoms with Gasteiger partial charge in [-0.05, 0) is 43.2 Å². The molecule has 9 nitrogen and oxygen atoms in total. The van der Waals surface area contributed by atoms with E-state index < -0.39 is 63.8 Å². The molecular weight excluding hydrogens is 409 g/mol.